The summed E-state index contributed by atoms with van der Waals surface area (Å²) in [5.74, 6) is 0. The van der Waals surface area contributed by atoms with Crippen LogP contribution < -0.4 is 11.5 Å². The van der Waals surface area contributed by atoms with Crippen LogP contribution in [-0.4, -0.2) is 0 Å². The van der Waals surface area contributed by atoms with E-state index in [4.69, 9.17) is 11.5 Å². The van der Waals surface area contributed by atoms with Crippen molar-refractivity contribution in [2.24, 2.45) is 0 Å². The van der Waals surface area contributed by atoms with Crippen molar-refractivity contribution < 1.29 is 0 Å². The molecule has 1 radical (unpaired) electrons. The summed E-state index contributed by atoms with van der Waals surface area (Å²) in [7, 11) is 0. The average Bonchev–Trinajstić information content (AvgIpc) is 2.15. The summed E-state index contributed by atoms with van der Waals surface area (Å²) in [6.45, 7) is 8.06. The Morgan fingerprint density at radius 2 is 1.46 bits per heavy atom. The molecule has 1 rings (SSSR count). The minimum atomic E-state index is 0.747. The SMILES string of the molecule is [CH2]c1c(N)c(CC)cc(CC)c1N. The lowest BCUT2D eigenvalue weighted by atomic mass is 9.98. The normalized spacial score (nSPS) is 10.4. The molecule has 2 heteroatoms. The maximum absolute atomic E-state index is 5.88. The molecule has 0 aliphatic carbocycles. The molecular formula is C11H17N2. The topological polar surface area (TPSA) is 52.0 Å². The highest BCUT2D eigenvalue weighted by atomic mass is 14.6. The van der Waals surface area contributed by atoms with Gasteiger partial charge in [0.1, 0.15) is 0 Å². The van der Waals surface area contributed by atoms with E-state index in [0.29, 0.717) is 0 Å². The molecular weight excluding hydrogens is 160 g/mol. The Kier molecular flexibility index (Phi) is 2.81. The van der Waals surface area contributed by atoms with Crippen molar-refractivity contribution in [3.05, 3.63) is 29.7 Å². The van der Waals surface area contributed by atoms with E-state index < -0.39 is 0 Å². The number of benzene rings is 1. The Labute approximate surface area is 79.9 Å². The van der Waals surface area contributed by atoms with Crippen LogP contribution in [0, 0.1) is 6.92 Å². The smallest absolute Gasteiger partial charge is 0.0400 e. The summed E-state index contributed by atoms with van der Waals surface area (Å²) in [6, 6.07) is 2.08. The highest BCUT2D eigenvalue weighted by Crippen LogP contribution is 2.27. The van der Waals surface area contributed by atoms with Gasteiger partial charge < -0.3 is 11.5 Å². The van der Waals surface area contributed by atoms with Crippen molar-refractivity contribution in [1.82, 2.24) is 0 Å². The molecule has 0 bridgehead atoms. The largest absolute Gasteiger partial charge is 0.398 e. The van der Waals surface area contributed by atoms with Crippen LogP contribution in [0.4, 0.5) is 11.4 Å². The van der Waals surface area contributed by atoms with Gasteiger partial charge in [-0.25, -0.2) is 0 Å². The third kappa shape index (κ3) is 1.62. The molecule has 13 heavy (non-hydrogen) atoms. The molecule has 0 aliphatic rings. The van der Waals surface area contributed by atoms with Gasteiger partial charge >= 0.3 is 0 Å². The summed E-state index contributed by atoms with van der Waals surface area (Å²) < 4.78 is 0. The predicted octanol–water partition coefficient (Wildman–Crippen LogP) is 2.16. The third-order valence-corrected chi connectivity index (χ3v) is 2.45. The monoisotopic (exact) mass is 177 g/mol. The summed E-state index contributed by atoms with van der Waals surface area (Å²) in [4.78, 5) is 0. The van der Waals surface area contributed by atoms with E-state index in [9.17, 15) is 0 Å². The fourth-order valence-corrected chi connectivity index (χ4v) is 1.48. The lowest BCUT2D eigenvalue weighted by Crippen LogP contribution is -2.04. The fraction of sp³-hybridized carbons (Fsp3) is 0.364. The van der Waals surface area contributed by atoms with Crippen molar-refractivity contribution in [2.45, 2.75) is 26.7 Å². The first-order valence-corrected chi connectivity index (χ1v) is 4.63. The summed E-state index contributed by atoms with van der Waals surface area (Å²) in [6.07, 6.45) is 1.86. The van der Waals surface area contributed by atoms with Crippen LogP contribution in [0.1, 0.15) is 30.5 Å². The molecule has 0 amide bonds. The molecule has 0 aliphatic heterocycles. The Hall–Kier alpha value is -1.18. The first kappa shape index (κ1) is 9.90. The number of hydrogen-bond donors (Lipinski definition) is 2. The van der Waals surface area contributed by atoms with Crippen molar-refractivity contribution in [1.29, 1.82) is 0 Å². The lowest BCUT2D eigenvalue weighted by molar-refractivity contribution is 1.09. The standard InChI is InChI=1S/C11H17N2/c1-4-8-6-9(5-2)11(13)7(3)10(8)12/h6H,3-5,12-13H2,1-2H3. The molecule has 0 spiro atoms. The molecule has 0 unspecified atom stereocenters. The highest BCUT2D eigenvalue weighted by molar-refractivity contribution is 5.70. The molecule has 1 aromatic rings. The van der Waals surface area contributed by atoms with Gasteiger partial charge in [0.15, 0.2) is 0 Å². The van der Waals surface area contributed by atoms with Gasteiger partial charge in [0.2, 0.25) is 0 Å². The maximum Gasteiger partial charge on any atom is 0.0400 e. The van der Waals surface area contributed by atoms with E-state index in [1.165, 1.54) is 0 Å². The number of anilines is 2. The molecule has 0 atom stereocenters. The third-order valence-electron chi connectivity index (χ3n) is 2.45. The predicted molar refractivity (Wildman–Crippen MR) is 58.5 cm³/mol. The van der Waals surface area contributed by atoms with Gasteiger partial charge in [-0.15, -0.1) is 0 Å². The van der Waals surface area contributed by atoms with E-state index in [0.717, 1.165) is 40.9 Å². The van der Waals surface area contributed by atoms with Crippen LogP contribution in [-0.2, 0) is 12.8 Å². The van der Waals surface area contributed by atoms with Crippen LogP contribution in [0.25, 0.3) is 0 Å². The van der Waals surface area contributed by atoms with Gasteiger partial charge in [0, 0.05) is 11.4 Å². The fourth-order valence-electron chi connectivity index (χ4n) is 1.48. The van der Waals surface area contributed by atoms with Gasteiger partial charge in [0.05, 0.1) is 0 Å². The van der Waals surface area contributed by atoms with E-state index in [1.54, 1.807) is 0 Å². The zero-order valence-corrected chi connectivity index (χ0v) is 8.35. The number of rotatable bonds is 2. The number of aryl methyl sites for hydroxylation is 2. The van der Waals surface area contributed by atoms with E-state index in [1.807, 2.05) is 0 Å². The van der Waals surface area contributed by atoms with Crippen LogP contribution in [0.15, 0.2) is 6.07 Å². The Morgan fingerprint density at radius 1 is 1.08 bits per heavy atom. The maximum atomic E-state index is 5.88. The second-order valence-electron chi connectivity index (χ2n) is 3.21. The molecule has 1 aromatic carbocycles. The zero-order chi connectivity index (χ0) is 10.0. The van der Waals surface area contributed by atoms with Gasteiger partial charge in [-0.3, -0.25) is 0 Å². The Morgan fingerprint density at radius 3 is 1.77 bits per heavy atom. The van der Waals surface area contributed by atoms with Gasteiger partial charge in [-0.1, -0.05) is 19.9 Å². The van der Waals surface area contributed by atoms with Crippen LogP contribution in [0.3, 0.4) is 0 Å². The molecule has 0 heterocycles. The molecule has 4 N–H and O–H groups in total. The Balaban J connectivity index is 3.36. The summed E-state index contributed by atoms with van der Waals surface area (Å²) >= 11 is 0. The first-order valence-electron chi connectivity index (χ1n) is 4.63. The number of hydrogen-bond acceptors (Lipinski definition) is 2. The minimum absolute atomic E-state index is 0.747. The molecule has 71 valence electrons. The van der Waals surface area contributed by atoms with E-state index >= 15 is 0 Å². The lowest BCUT2D eigenvalue weighted by Gasteiger charge is -2.13. The summed E-state index contributed by atoms with van der Waals surface area (Å²) in [5, 5.41) is 0. The van der Waals surface area contributed by atoms with Crippen molar-refractivity contribution in [3.63, 3.8) is 0 Å². The summed E-state index contributed by atoms with van der Waals surface area (Å²) in [5.41, 5.74) is 16.3. The van der Waals surface area contributed by atoms with Crippen LogP contribution in [0.2, 0.25) is 0 Å². The molecule has 0 saturated carbocycles. The number of nitrogen functional groups attached to an aromatic ring is 2. The van der Waals surface area contributed by atoms with Crippen molar-refractivity contribution >= 4 is 11.4 Å². The second-order valence-corrected chi connectivity index (χ2v) is 3.21. The van der Waals surface area contributed by atoms with E-state index in [2.05, 4.69) is 26.8 Å². The van der Waals surface area contributed by atoms with Crippen molar-refractivity contribution in [3.8, 4) is 0 Å². The van der Waals surface area contributed by atoms with Crippen LogP contribution in [0.5, 0.6) is 0 Å². The highest BCUT2D eigenvalue weighted by Gasteiger charge is 2.08. The van der Waals surface area contributed by atoms with Crippen molar-refractivity contribution in [2.75, 3.05) is 11.5 Å². The average molecular weight is 177 g/mol. The quantitative estimate of drug-likeness (QED) is 0.680. The molecule has 0 saturated heterocycles. The van der Waals surface area contributed by atoms with Gasteiger partial charge in [-0.2, -0.15) is 0 Å². The first-order chi connectivity index (χ1) is 6.11. The zero-order valence-electron chi connectivity index (χ0n) is 8.35. The number of nitrogens with two attached hydrogens (primary N) is 2. The second kappa shape index (κ2) is 3.69. The van der Waals surface area contributed by atoms with E-state index in [-0.39, 0.29) is 0 Å². The molecule has 2 nitrogen and oxygen atoms in total. The van der Waals surface area contributed by atoms with Gasteiger partial charge in [0.25, 0.3) is 0 Å². The molecule has 0 fully saturated rings. The Bertz CT molecular complexity index is 288. The van der Waals surface area contributed by atoms with Crippen LogP contribution >= 0.6 is 0 Å². The molecule has 0 aromatic heterocycles. The van der Waals surface area contributed by atoms with Gasteiger partial charge in [-0.05, 0) is 36.5 Å². The minimum Gasteiger partial charge on any atom is -0.398 e.